The summed E-state index contributed by atoms with van der Waals surface area (Å²) in [5, 5.41) is 12.5. The van der Waals surface area contributed by atoms with Gasteiger partial charge in [0.1, 0.15) is 5.76 Å². The Morgan fingerprint density at radius 3 is 2.31 bits per heavy atom. The fourth-order valence-electron chi connectivity index (χ4n) is 3.04. The maximum atomic E-state index is 13.1. The number of nitrogens with zero attached hydrogens (tertiary/aromatic N) is 3. The number of benzene rings is 1. The molecule has 184 valence electrons. The van der Waals surface area contributed by atoms with Crippen LogP contribution < -0.4 is 5.32 Å². The summed E-state index contributed by atoms with van der Waals surface area (Å²) in [5.41, 5.74) is -3.66. The minimum Gasteiger partial charge on any atom is -0.467 e. The molecule has 3 aromatic heterocycles. The normalized spacial score (nSPS) is 12.2. The van der Waals surface area contributed by atoms with Gasteiger partial charge >= 0.3 is 12.4 Å². The van der Waals surface area contributed by atoms with Gasteiger partial charge in [0, 0.05) is 5.69 Å². The summed E-state index contributed by atoms with van der Waals surface area (Å²) in [6.07, 6.45) is -8.54. The SMILES string of the molecule is O=C(CSc1nnc(-c2cccs2)n1Cc1ccco1)Nc1cc(C(F)(F)F)cc(C(F)(F)F)c1. The zero-order chi connectivity index (χ0) is 25.2. The summed E-state index contributed by atoms with van der Waals surface area (Å²) in [7, 11) is 0. The number of alkyl halides is 6. The van der Waals surface area contributed by atoms with Crippen molar-refractivity contribution in [1.29, 1.82) is 0 Å². The van der Waals surface area contributed by atoms with Crippen molar-refractivity contribution in [3.8, 4) is 10.7 Å². The Bertz CT molecular complexity index is 1270. The summed E-state index contributed by atoms with van der Waals surface area (Å²) >= 11 is 2.35. The number of thiophene rings is 1. The third-order valence-electron chi connectivity index (χ3n) is 4.56. The number of hydrogen-bond acceptors (Lipinski definition) is 6. The molecule has 0 aliphatic carbocycles. The molecule has 0 bridgehead atoms. The van der Waals surface area contributed by atoms with Gasteiger partial charge in [0.05, 0.1) is 34.6 Å². The number of aromatic nitrogens is 3. The van der Waals surface area contributed by atoms with E-state index in [1.807, 2.05) is 17.5 Å². The first-order valence-electron chi connectivity index (χ1n) is 9.72. The highest BCUT2D eigenvalue weighted by Gasteiger charge is 2.37. The van der Waals surface area contributed by atoms with Crippen LogP contribution in [0.5, 0.6) is 0 Å². The van der Waals surface area contributed by atoms with E-state index in [2.05, 4.69) is 15.5 Å². The predicted octanol–water partition coefficient (Wildman–Crippen LogP) is 6.42. The second kappa shape index (κ2) is 9.77. The summed E-state index contributed by atoms with van der Waals surface area (Å²) in [6, 6.07) is 8.00. The predicted molar refractivity (Wildman–Crippen MR) is 117 cm³/mol. The molecule has 1 amide bonds. The molecule has 1 N–H and O–H groups in total. The number of anilines is 1. The van der Waals surface area contributed by atoms with Crippen LogP contribution in [-0.4, -0.2) is 26.4 Å². The van der Waals surface area contributed by atoms with Crippen LogP contribution in [0, 0.1) is 0 Å². The van der Waals surface area contributed by atoms with Crippen molar-refractivity contribution in [2.24, 2.45) is 0 Å². The van der Waals surface area contributed by atoms with E-state index in [0.29, 0.717) is 28.9 Å². The van der Waals surface area contributed by atoms with Gasteiger partial charge in [-0.05, 0) is 41.8 Å². The number of carbonyl (C=O) groups is 1. The van der Waals surface area contributed by atoms with Gasteiger partial charge in [-0.15, -0.1) is 21.5 Å². The fourth-order valence-corrected chi connectivity index (χ4v) is 4.49. The van der Waals surface area contributed by atoms with E-state index in [-0.39, 0.29) is 18.4 Å². The minimum absolute atomic E-state index is 0.00633. The van der Waals surface area contributed by atoms with Crippen LogP contribution in [0.15, 0.2) is 63.7 Å². The topological polar surface area (TPSA) is 73.0 Å². The molecule has 0 aliphatic rings. The van der Waals surface area contributed by atoms with Gasteiger partial charge < -0.3 is 9.73 Å². The molecule has 0 saturated carbocycles. The average molecular weight is 532 g/mol. The molecule has 35 heavy (non-hydrogen) atoms. The molecule has 0 fully saturated rings. The monoisotopic (exact) mass is 532 g/mol. The lowest BCUT2D eigenvalue weighted by molar-refractivity contribution is -0.143. The lowest BCUT2D eigenvalue weighted by atomic mass is 10.1. The second-order valence-electron chi connectivity index (χ2n) is 7.08. The summed E-state index contributed by atoms with van der Waals surface area (Å²) in [5.74, 6) is -0.0320. The zero-order valence-corrected chi connectivity index (χ0v) is 19.0. The maximum Gasteiger partial charge on any atom is 0.416 e. The van der Waals surface area contributed by atoms with Crippen LogP contribution in [0.1, 0.15) is 16.9 Å². The second-order valence-corrected chi connectivity index (χ2v) is 8.97. The van der Waals surface area contributed by atoms with Crippen LogP contribution in [0.3, 0.4) is 0 Å². The highest BCUT2D eigenvalue weighted by atomic mass is 32.2. The summed E-state index contributed by atoms with van der Waals surface area (Å²) in [4.78, 5) is 13.2. The number of thioether (sulfide) groups is 1. The van der Waals surface area contributed by atoms with Crippen molar-refractivity contribution in [3.63, 3.8) is 0 Å². The average Bonchev–Trinajstić information content (AvgIpc) is 3.54. The molecule has 0 aliphatic heterocycles. The van der Waals surface area contributed by atoms with Gasteiger partial charge in [-0.1, -0.05) is 17.8 Å². The quantitative estimate of drug-likeness (QED) is 0.220. The Morgan fingerprint density at radius 1 is 1.03 bits per heavy atom. The van der Waals surface area contributed by atoms with Crippen LogP contribution in [0.25, 0.3) is 10.7 Å². The van der Waals surface area contributed by atoms with E-state index in [0.717, 1.165) is 16.6 Å². The van der Waals surface area contributed by atoms with Crippen molar-refractivity contribution in [3.05, 3.63) is 71.0 Å². The molecule has 0 radical (unpaired) electrons. The zero-order valence-electron chi connectivity index (χ0n) is 17.4. The summed E-state index contributed by atoms with van der Waals surface area (Å²) < 4.78 is 85.4. The van der Waals surface area contributed by atoms with Gasteiger partial charge in [-0.3, -0.25) is 9.36 Å². The van der Waals surface area contributed by atoms with Crippen molar-refractivity contribution >= 4 is 34.7 Å². The smallest absolute Gasteiger partial charge is 0.416 e. The Morgan fingerprint density at radius 2 is 1.74 bits per heavy atom. The van der Waals surface area contributed by atoms with E-state index >= 15 is 0 Å². The highest BCUT2D eigenvalue weighted by Crippen LogP contribution is 2.37. The molecular formula is C21H14F6N4O2S2. The Balaban J connectivity index is 1.52. The molecule has 4 rings (SSSR count). The molecule has 3 heterocycles. The number of rotatable bonds is 7. The van der Waals surface area contributed by atoms with Crippen LogP contribution in [0.2, 0.25) is 0 Å². The van der Waals surface area contributed by atoms with Gasteiger partial charge in [-0.25, -0.2) is 0 Å². The van der Waals surface area contributed by atoms with E-state index < -0.39 is 35.1 Å². The molecule has 0 atom stereocenters. The molecule has 0 spiro atoms. The lowest BCUT2D eigenvalue weighted by Gasteiger charge is -2.14. The van der Waals surface area contributed by atoms with Crippen LogP contribution in [0.4, 0.5) is 32.0 Å². The van der Waals surface area contributed by atoms with Crippen molar-refractivity contribution < 1.29 is 35.6 Å². The molecule has 14 heteroatoms. The lowest BCUT2D eigenvalue weighted by Crippen LogP contribution is -2.17. The Hall–Kier alpha value is -3.26. The number of hydrogen-bond donors (Lipinski definition) is 1. The first kappa shape index (κ1) is 24.9. The molecule has 6 nitrogen and oxygen atoms in total. The molecule has 4 aromatic rings. The Kier molecular flexibility index (Phi) is 6.94. The fraction of sp³-hybridized carbons (Fsp3) is 0.190. The van der Waals surface area contributed by atoms with Crippen LogP contribution in [-0.2, 0) is 23.7 Å². The van der Waals surface area contributed by atoms with Crippen molar-refractivity contribution in [2.45, 2.75) is 24.1 Å². The molecular weight excluding hydrogens is 518 g/mol. The first-order valence-corrected chi connectivity index (χ1v) is 11.6. The van der Waals surface area contributed by atoms with Gasteiger partial charge in [-0.2, -0.15) is 26.3 Å². The van der Waals surface area contributed by atoms with Crippen LogP contribution >= 0.6 is 23.1 Å². The largest absolute Gasteiger partial charge is 0.467 e. The van der Waals surface area contributed by atoms with Crippen molar-refractivity contribution in [1.82, 2.24) is 14.8 Å². The third-order valence-corrected chi connectivity index (χ3v) is 6.39. The number of halogens is 6. The molecule has 1 aromatic carbocycles. The van der Waals surface area contributed by atoms with E-state index in [9.17, 15) is 31.1 Å². The van der Waals surface area contributed by atoms with Gasteiger partial charge in [0.15, 0.2) is 11.0 Å². The molecule has 0 unspecified atom stereocenters. The maximum absolute atomic E-state index is 13.1. The van der Waals surface area contributed by atoms with E-state index in [1.165, 1.54) is 17.6 Å². The third kappa shape index (κ3) is 6.06. The number of carbonyl (C=O) groups excluding carboxylic acids is 1. The Labute approximate surface area is 202 Å². The minimum atomic E-state index is -5.02. The van der Waals surface area contributed by atoms with E-state index in [4.69, 9.17) is 4.42 Å². The van der Waals surface area contributed by atoms with Crippen molar-refractivity contribution in [2.75, 3.05) is 11.1 Å². The number of amides is 1. The summed E-state index contributed by atoms with van der Waals surface area (Å²) in [6.45, 7) is 0.250. The first-order chi connectivity index (χ1) is 16.5. The van der Waals surface area contributed by atoms with Gasteiger partial charge in [0.25, 0.3) is 0 Å². The standard InChI is InChI=1S/C21H14F6N4O2S2/c22-20(23,24)12-7-13(21(25,26)27)9-14(8-12)28-17(32)11-35-19-30-29-18(16-4-2-6-34-16)31(19)10-15-3-1-5-33-15/h1-9H,10-11H2,(H,28,32). The number of nitrogens with one attached hydrogen (secondary N) is 1. The molecule has 0 saturated heterocycles. The number of furan rings is 1. The highest BCUT2D eigenvalue weighted by molar-refractivity contribution is 7.99. The van der Waals surface area contributed by atoms with E-state index in [1.54, 1.807) is 16.7 Å². The van der Waals surface area contributed by atoms with Gasteiger partial charge in [0.2, 0.25) is 5.91 Å².